The van der Waals surface area contributed by atoms with Crippen molar-refractivity contribution in [3.63, 3.8) is 0 Å². The third kappa shape index (κ3) is 12.3. The molecule has 0 aliphatic carbocycles. The molecule has 0 bridgehead atoms. The highest BCUT2D eigenvalue weighted by atomic mass is 16.5. The zero-order valence-electron chi connectivity index (χ0n) is 18.3. The third-order valence-electron chi connectivity index (χ3n) is 5.39. The summed E-state index contributed by atoms with van der Waals surface area (Å²) in [5.41, 5.74) is 12.3. The number of rotatable bonds is 18. The lowest BCUT2D eigenvalue weighted by atomic mass is 10.0. The molecule has 0 aliphatic heterocycles. The standard InChI is InChI=1S/C24H42N2O3/c1-2-3-4-5-6-7-8-9-10-11-12-13-14-15-16-23(24(27)28)29-22-18-17-20(25)19-21(22)26/h17-19,23H,2-16,25-26H2,1H3,(H,27,28)/p-1. The summed E-state index contributed by atoms with van der Waals surface area (Å²) < 4.78 is 5.53. The molecule has 1 rings (SSSR count). The lowest BCUT2D eigenvalue weighted by Gasteiger charge is -2.21. The van der Waals surface area contributed by atoms with E-state index in [1.54, 1.807) is 18.2 Å². The van der Waals surface area contributed by atoms with Crippen molar-refractivity contribution in [2.24, 2.45) is 0 Å². The lowest BCUT2D eigenvalue weighted by Crippen LogP contribution is -2.39. The number of hydrogen-bond acceptors (Lipinski definition) is 5. The number of anilines is 2. The SMILES string of the molecule is CCCCCCCCCCCCCCCCC(Oc1ccc(N)cc1N)C(=O)[O-]. The van der Waals surface area contributed by atoms with E-state index in [2.05, 4.69) is 6.92 Å². The fourth-order valence-corrected chi connectivity index (χ4v) is 3.58. The van der Waals surface area contributed by atoms with Crippen LogP contribution < -0.4 is 21.3 Å². The van der Waals surface area contributed by atoms with Crippen LogP contribution in [0.25, 0.3) is 0 Å². The number of carboxylic acid groups (broad SMARTS) is 1. The number of carbonyl (C=O) groups excluding carboxylic acids is 1. The van der Waals surface area contributed by atoms with Crippen LogP contribution in [0.1, 0.15) is 103 Å². The third-order valence-corrected chi connectivity index (χ3v) is 5.39. The Labute approximate surface area is 177 Å². The van der Waals surface area contributed by atoms with Gasteiger partial charge in [-0.2, -0.15) is 0 Å². The van der Waals surface area contributed by atoms with Gasteiger partial charge in [0.05, 0.1) is 11.7 Å². The molecule has 0 aromatic heterocycles. The Hall–Kier alpha value is -1.91. The molecule has 1 atom stereocenters. The molecule has 4 N–H and O–H groups in total. The van der Waals surface area contributed by atoms with E-state index in [-0.39, 0.29) is 0 Å². The molecule has 0 saturated carbocycles. The van der Waals surface area contributed by atoms with Gasteiger partial charge in [0.2, 0.25) is 0 Å². The maximum absolute atomic E-state index is 11.3. The van der Waals surface area contributed by atoms with Crippen molar-refractivity contribution in [1.82, 2.24) is 0 Å². The molecular weight excluding hydrogens is 364 g/mol. The van der Waals surface area contributed by atoms with Gasteiger partial charge in [-0.05, 0) is 31.0 Å². The highest BCUT2D eigenvalue weighted by Gasteiger charge is 2.13. The molecule has 0 saturated heterocycles. The number of nitrogen functional groups attached to an aromatic ring is 2. The molecule has 29 heavy (non-hydrogen) atoms. The minimum Gasteiger partial charge on any atom is -0.546 e. The predicted molar refractivity (Wildman–Crippen MR) is 120 cm³/mol. The number of hydrogen-bond donors (Lipinski definition) is 2. The summed E-state index contributed by atoms with van der Waals surface area (Å²) >= 11 is 0. The van der Waals surface area contributed by atoms with E-state index in [0.717, 1.165) is 19.3 Å². The van der Waals surface area contributed by atoms with Crippen LogP contribution in [0.3, 0.4) is 0 Å². The van der Waals surface area contributed by atoms with E-state index in [0.29, 0.717) is 23.5 Å². The molecule has 0 radical (unpaired) electrons. The minimum absolute atomic E-state index is 0.345. The van der Waals surface area contributed by atoms with E-state index in [1.807, 2.05) is 0 Å². The van der Waals surface area contributed by atoms with E-state index in [9.17, 15) is 9.90 Å². The average Bonchev–Trinajstić information content (AvgIpc) is 2.68. The van der Waals surface area contributed by atoms with E-state index in [1.165, 1.54) is 70.6 Å². The Morgan fingerprint density at radius 1 is 0.862 bits per heavy atom. The number of carboxylic acids is 1. The van der Waals surface area contributed by atoms with Crippen molar-refractivity contribution in [3.8, 4) is 5.75 Å². The van der Waals surface area contributed by atoms with Crippen LogP contribution in [0.15, 0.2) is 18.2 Å². The molecule has 0 aliphatic rings. The van der Waals surface area contributed by atoms with Crippen LogP contribution in [0.4, 0.5) is 11.4 Å². The summed E-state index contributed by atoms with van der Waals surface area (Å²) in [6.45, 7) is 2.26. The van der Waals surface area contributed by atoms with Gasteiger partial charge >= 0.3 is 0 Å². The number of carbonyl (C=O) groups is 1. The molecular formula is C24H41N2O3-. The number of unbranched alkanes of at least 4 members (excludes halogenated alkanes) is 13. The second kappa shape index (κ2) is 15.9. The van der Waals surface area contributed by atoms with E-state index < -0.39 is 12.1 Å². The summed E-state index contributed by atoms with van der Waals surface area (Å²) in [5, 5.41) is 11.3. The van der Waals surface area contributed by atoms with Crippen molar-refractivity contribution >= 4 is 17.3 Å². The van der Waals surface area contributed by atoms with Gasteiger partial charge in [0.15, 0.2) is 0 Å². The first kappa shape index (κ1) is 25.1. The number of nitrogens with two attached hydrogens (primary N) is 2. The average molecular weight is 406 g/mol. The van der Waals surface area contributed by atoms with Gasteiger partial charge in [-0.25, -0.2) is 0 Å². The zero-order chi connectivity index (χ0) is 21.3. The quantitative estimate of drug-likeness (QED) is 0.257. The topological polar surface area (TPSA) is 101 Å². The number of aliphatic carboxylic acids is 1. The van der Waals surface area contributed by atoms with Crippen molar-refractivity contribution in [1.29, 1.82) is 0 Å². The lowest BCUT2D eigenvalue weighted by molar-refractivity contribution is -0.313. The van der Waals surface area contributed by atoms with Gasteiger partial charge in [0.25, 0.3) is 0 Å². The van der Waals surface area contributed by atoms with Gasteiger partial charge in [0.1, 0.15) is 11.9 Å². The van der Waals surface area contributed by atoms with Crippen LogP contribution >= 0.6 is 0 Å². The Bertz CT molecular complexity index is 563. The fourth-order valence-electron chi connectivity index (χ4n) is 3.58. The Balaban J connectivity index is 2.04. The van der Waals surface area contributed by atoms with Gasteiger partial charge in [-0.1, -0.05) is 90.4 Å². The van der Waals surface area contributed by atoms with Gasteiger partial charge in [-0.3, -0.25) is 0 Å². The maximum atomic E-state index is 11.3. The first-order chi connectivity index (χ1) is 14.0. The first-order valence-corrected chi connectivity index (χ1v) is 11.6. The molecule has 0 heterocycles. The van der Waals surface area contributed by atoms with Gasteiger partial charge < -0.3 is 26.1 Å². The minimum atomic E-state index is -1.20. The van der Waals surface area contributed by atoms with Crippen molar-refractivity contribution in [2.75, 3.05) is 11.5 Å². The van der Waals surface area contributed by atoms with Gasteiger partial charge in [0, 0.05) is 5.69 Å². The molecule has 0 amide bonds. The van der Waals surface area contributed by atoms with E-state index >= 15 is 0 Å². The highest BCUT2D eigenvalue weighted by molar-refractivity contribution is 5.71. The zero-order valence-corrected chi connectivity index (χ0v) is 18.3. The summed E-state index contributed by atoms with van der Waals surface area (Å²) in [7, 11) is 0. The molecule has 5 nitrogen and oxygen atoms in total. The monoisotopic (exact) mass is 405 g/mol. The Morgan fingerprint density at radius 2 is 1.34 bits per heavy atom. The Morgan fingerprint density at radius 3 is 1.79 bits per heavy atom. The molecule has 5 heteroatoms. The summed E-state index contributed by atoms with van der Waals surface area (Å²) in [6, 6.07) is 4.81. The van der Waals surface area contributed by atoms with Crippen LogP contribution in [0, 0.1) is 0 Å². The second-order valence-corrected chi connectivity index (χ2v) is 8.11. The highest BCUT2D eigenvalue weighted by Crippen LogP contribution is 2.25. The van der Waals surface area contributed by atoms with Gasteiger partial charge in [-0.15, -0.1) is 0 Å². The number of benzene rings is 1. The smallest absolute Gasteiger partial charge is 0.143 e. The summed E-state index contributed by atoms with van der Waals surface area (Å²) in [6.07, 6.45) is 17.2. The van der Waals surface area contributed by atoms with Crippen molar-refractivity contribution in [2.45, 2.75) is 109 Å². The Kier molecular flexibility index (Phi) is 13.8. The molecule has 0 spiro atoms. The first-order valence-electron chi connectivity index (χ1n) is 11.6. The normalized spacial score (nSPS) is 12.0. The molecule has 0 fully saturated rings. The predicted octanol–water partition coefficient (Wildman–Crippen LogP) is 5.22. The van der Waals surface area contributed by atoms with Crippen molar-refractivity contribution in [3.05, 3.63) is 18.2 Å². The van der Waals surface area contributed by atoms with Crippen LogP contribution in [-0.4, -0.2) is 12.1 Å². The summed E-state index contributed by atoms with van der Waals surface area (Å²) in [5.74, 6) is -0.852. The maximum Gasteiger partial charge on any atom is 0.143 e. The molecule has 1 unspecified atom stereocenters. The largest absolute Gasteiger partial charge is 0.546 e. The molecule has 1 aromatic rings. The van der Waals surface area contributed by atoms with Crippen molar-refractivity contribution < 1.29 is 14.6 Å². The fraction of sp³-hybridized carbons (Fsp3) is 0.708. The van der Waals surface area contributed by atoms with Crippen LogP contribution in [-0.2, 0) is 4.79 Å². The summed E-state index contributed by atoms with van der Waals surface area (Å²) in [4.78, 5) is 11.3. The molecule has 166 valence electrons. The molecule has 1 aromatic carbocycles. The van der Waals surface area contributed by atoms with Crippen LogP contribution in [0.2, 0.25) is 0 Å². The van der Waals surface area contributed by atoms with E-state index in [4.69, 9.17) is 16.2 Å². The second-order valence-electron chi connectivity index (χ2n) is 8.11. The van der Waals surface area contributed by atoms with Crippen LogP contribution in [0.5, 0.6) is 5.75 Å². The number of ether oxygens (including phenoxy) is 1.